The molecule has 0 aliphatic rings. The van der Waals surface area contributed by atoms with Gasteiger partial charge >= 0.3 is 0 Å². The van der Waals surface area contributed by atoms with Gasteiger partial charge in [-0.15, -0.1) is 0 Å². The topological polar surface area (TPSA) is 12.9 Å². The number of pyridine rings is 1. The summed E-state index contributed by atoms with van der Waals surface area (Å²) in [7, 11) is 0. The summed E-state index contributed by atoms with van der Waals surface area (Å²) in [6.45, 7) is 4.03. The fraction of sp³-hybridized carbons (Fsp3) is 0.182. The normalized spacial score (nSPS) is 10.9. The van der Waals surface area contributed by atoms with Crippen molar-refractivity contribution in [3.8, 4) is 0 Å². The molecule has 0 aliphatic heterocycles. The number of hydrogen-bond acceptors (Lipinski definition) is 1. The zero-order valence-corrected chi connectivity index (χ0v) is 10.8. The van der Waals surface area contributed by atoms with Gasteiger partial charge in [-0.05, 0) is 59.7 Å². The van der Waals surface area contributed by atoms with Gasteiger partial charge in [0.1, 0.15) is 0 Å². The van der Waals surface area contributed by atoms with Crippen molar-refractivity contribution < 1.29 is 0 Å². The van der Waals surface area contributed by atoms with E-state index in [4.69, 9.17) is 11.6 Å². The van der Waals surface area contributed by atoms with Crippen LogP contribution in [-0.2, 0) is 0 Å². The third-order valence-corrected chi connectivity index (χ3v) is 3.36. The van der Waals surface area contributed by atoms with E-state index in [1.807, 2.05) is 13.1 Å². The summed E-state index contributed by atoms with van der Waals surface area (Å²) in [6, 6.07) is 4.19. The van der Waals surface area contributed by atoms with Crippen LogP contribution < -0.4 is 0 Å². The molecule has 1 aromatic heterocycles. The zero-order valence-electron chi connectivity index (χ0n) is 7.94. The van der Waals surface area contributed by atoms with E-state index < -0.39 is 0 Å². The van der Waals surface area contributed by atoms with Gasteiger partial charge in [-0.25, -0.2) is 0 Å². The smallest absolute Gasteiger partial charge is 0.0747 e. The molecule has 72 valence electrons. The molecule has 1 aromatic carbocycles. The van der Waals surface area contributed by atoms with Crippen LogP contribution in [0.3, 0.4) is 0 Å². The summed E-state index contributed by atoms with van der Waals surface area (Å²) in [5, 5.41) is 1.87. The highest BCUT2D eigenvalue weighted by Gasteiger charge is 2.06. The number of aryl methyl sites for hydroxylation is 2. The first kappa shape index (κ1) is 10.2. The second-order valence-corrected chi connectivity index (χ2v) is 5.00. The fourth-order valence-corrected chi connectivity index (χ4v) is 2.48. The third kappa shape index (κ3) is 1.61. The maximum atomic E-state index is 6.23. The van der Waals surface area contributed by atoms with Crippen molar-refractivity contribution in [2.75, 3.05) is 0 Å². The van der Waals surface area contributed by atoms with E-state index in [1.165, 1.54) is 9.13 Å². The lowest BCUT2D eigenvalue weighted by atomic mass is 10.1. The largest absolute Gasteiger partial charge is 0.256 e. The van der Waals surface area contributed by atoms with Crippen molar-refractivity contribution in [2.24, 2.45) is 0 Å². The van der Waals surface area contributed by atoms with Gasteiger partial charge in [-0.3, -0.25) is 4.98 Å². The van der Waals surface area contributed by atoms with Crippen LogP contribution >= 0.6 is 34.2 Å². The number of fused-ring (bicyclic) bond motifs is 1. The number of hydrogen-bond donors (Lipinski definition) is 0. The minimum atomic E-state index is 0.816. The second-order valence-electron chi connectivity index (χ2n) is 3.37. The van der Waals surface area contributed by atoms with E-state index in [2.05, 4.69) is 46.6 Å². The Morgan fingerprint density at radius 1 is 1.21 bits per heavy atom. The highest BCUT2D eigenvalue weighted by atomic mass is 127. The molecular formula is C11H9ClIN. The van der Waals surface area contributed by atoms with Crippen LogP contribution in [0.15, 0.2) is 18.3 Å². The van der Waals surface area contributed by atoms with Crippen LogP contribution in [-0.4, -0.2) is 4.98 Å². The average Bonchev–Trinajstić information content (AvgIpc) is 2.12. The molecule has 14 heavy (non-hydrogen) atoms. The molecule has 3 heteroatoms. The molecule has 0 spiro atoms. The first-order valence-corrected chi connectivity index (χ1v) is 5.76. The number of benzene rings is 1. The maximum absolute atomic E-state index is 6.23. The number of rotatable bonds is 0. The fourth-order valence-electron chi connectivity index (χ4n) is 1.50. The van der Waals surface area contributed by atoms with E-state index in [0.717, 1.165) is 21.5 Å². The summed E-state index contributed by atoms with van der Waals surface area (Å²) in [4.78, 5) is 4.39. The van der Waals surface area contributed by atoms with Gasteiger partial charge < -0.3 is 0 Å². The summed E-state index contributed by atoms with van der Waals surface area (Å²) in [5.41, 5.74) is 3.20. The first-order chi connectivity index (χ1) is 6.59. The summed E-state index contributed by atoms with van der Waals surface area (Å²) < 4.78 is 1.20. The number of halogens is 2. The predicted molar refractivity (Wildman–Crippen MR) is 68.9 cm³/mol. The quantitative estimate of drug-likeness (QED) is 0.666. The Hall–Kier alpha value is -0.350. The van der Waals surface area contributed by atoms with Crippen LogP contribution in [0.2, 0.25) is 5.02 Å². The molecule has 0 bridgehead atoms. The van der Waals surface area contributed by atoms with Crippen LogP contribution in [0.1, 0.15) is 11.1 Å². The lowest BCUT2D eigenvalue weighted by Gasteiger charge is -2.06. The van der Waals surface area contributed by atoms with Crippen LogP contribution in [0.5, 0.6) is 0 Å². The Morgan fingerprint density at radius 2 is 1.93 bits per heavy atom. The standard InChI is InChI=1S/C11H9ClIN/c1-6-3-8(13)4-9-10(12)7(2)5-14-11(6)9/h3-5H,1-2H3. The monoisotopic (exact) mass is 317 g/mol. The molecule has 0 aliphatic carbocycles. The van der Waals surface area contributed by atoms with Gasteiger partial charge in [0.25, 0.3) is 0 Å². The van der Waals surface area contributed by atoms with Crippen molar-refractivity contribution in [1.29, 1.82) is 0 Å². The van der Waals surface area contributed by atoms with Gasteiger partial charge in [-0.2, -0.15) is 0 Å². The van der Waals surface area contributed by atoms with Gasteiger partial charge in [0.15, 0.2) is 0 Å². The second kappa shape index (κ2) is 3.66. The number of nitrogens with zero attached hydrogens (tertiary/aromatic N) is 1. The third-order valence-electron chi connectivity index (χ3n) is 2.24. The predicted octanol–water partition coefficient (Wildman–Crippen LogP) is 4.11. The van der Waals surface area contributed by atoms with E-state index in [0.29, 0.717) is 0 Å². The molecule has 0 saturated heterocycles. The molecule has 0 amide bonds. The van der Waals surface area contributed by atoms with Crippen molar-refractivity contribution in [3.05, 3.63) is 38.0 Å². The highest BCUT2D eigenvalue weighted by molar-refractivity contribution is 14.1. The zero-order chi connectivity index (χ0) is 10.3. The van der Waals surface area contributed by atoms with E-state index in [9.17, 15) is 0 Å². The van der Waals surface area contributed by atoms with Gasteiger partial charge in [-0.1, -0.05) is 11.6 Å². The SMILES string of the molecule is Cc1cnc2c(C)cc(I)cc2c1Cl. The van der Waals surface area contributed by atoms with Crippen LogP contribution in [0, 0.1) is 17.4 Å². The lowest BCUT2D eigenvalue weighted by molar-refractivity contribution is 1.31. The molecule has 0 N–H and O–H groups in total. The van der Waals surface area contributed by atoms with Gasteiger partial charge in [0.2, 0.25) is 0 Å². The summed E-state index contributed by atoms with van der Waals surface area (Å²) >= 11 is 8.52. The molecule has 2 rings (SSSR count). The average molecular weight is 318 g/mol. The molecule has 0 atom stereocenters. The van der Waals surface area contributed by atoms with Crippen molar-refractivity contribution in [3.63, 3.8) is 0 Å². The molecule has 0 saturated carbocycles. The minimum Gasteiger partial charge on any atom is -0.256 e. The van der Waals surface area contributed by atoms with Gasteiger partial charge in [0, 0.05) is 15.2 Å². The molecule has 1 nitrogen and oxygen atoms in total. The molecule has 0 unspecified atom stereocenters. The van der Waals surface area contributed by atoms with Crippen molar-refractivity contribution in [1.82, 2.24) is 4.98 Å². The highest BCUT2D eigenvalue weighted by Crippen LogP contribution is 2.28. The molecule has 0 radical (unpaired) electrons. The Morgan fingerprint density at radius 3 is 2.64 bits per heavy atom. The van der Waals surface area contributed by atoms with Crippen molar-refractivity contribution in [2.45, 2.75) is 13.8 Å². The van der Waals surface area contributed by atoms with Crippen LogP contribution in [0.25, 0.3) is 10.9 Å². The van der Waals surface area contributed by atoms with Gasteiger partial charge in [0.05, 0.1) is 10.5 Å². The lowest BCUT2D eigenvalue weighted by Crippen LogP contribution is -1.88. The Labute approximate surface area is 102 Å². The van der Waals surface area contributed by atoms with E-state index >= 15 is 0 Å². The van der Waals surface area contributed by atoms with E-state index in [1.54, 1.807) is 0 Å². The van der Waals surface area contributed by atoms with Crippen LogP contribution in [0.4, 0.5) is 0 Å². The Balaban J connectivity index is 2.95. The Kier molecular flexibility index (Phi) is 2.66. The Bertz CT molecular complexity index is 508. The summed E-state index contributed by atoms with van der Waals surface area (Å²) in [6.07, 6.45) is 1.82. The molecule has 0 fully saturated rings. The summed E-state index contributed by atoms with van der Waals surface area (Å²) in [5.74, 6) is 0. The molecule has 1 heterocycles. The molecular weight excluding hydrogens is 308 g/mol. The maximum Gasteiger partial charge on any atom is 0.0747 e. The molecule has 2 aromatic rings. The number of aromatic nitrogens is 1. The van der Waals surface area contributed by atoms with E-state index in [-0.39, 0.29) is 0 Å². The minimum absolute atomic E-state index is 0.816. The van der Waals surface area contributed by atoms with Crippen molar-refractivity contribution >= 4 is 45.1 Å². The first-order valence-electron chi connectivity index (χ1n) is 4.30.